The highest BCUT2D eigenvalue weighted by atomic mass is 32.1. The van der Waals surface area contributed by atoms with Gasteiger partial charge in [0.05, 0.1) is 5.75 Å². The number of hydrogen-bond donors (Lipinski definition) is 3. The molecule has 0 aliphatic heterocycles. The van der Waals surface area contributed by atoms with Crippen LogP contribution in [0.3, 0.4) is 0 Å². The molecule has 2 aromatic rings. The minimum Gasteiger partial charge on any atom is -0.355 e. The number of carbonyl (C=O) groups is 2. The molecule has 0 radical (unpaired) electrons. The van der Waals surface area contributed by atoms with Gasteiger partial charge in [0.2, 0.25) is 11.8 Å². The number of anilines is 1. The molecular formula is C20H24N2O2S. The van der Waals surface area contributed by atoms with Crippen LogP contribution in [0.1, 0.15) is 25.7 Å². The molecule has 0 saturated heterocycles. The molecule has 2 amide bonds. The van der Waals surface area contributed by atoms with Gasteiger partial charge in [0.25, 0.3) is 0 Å². The highest BCUT2D eigenvalue weighted by Gasteiger charge is 2.04. The molecule has 0 aromatic heterocycles. The van der Waals surface area contributed by atoms with Crippen molar-refractivity contribution in [3.8, 4) is 11.1 Å². The third-order valence-electron chi connectivity index (χ3n) is 3.80. The van der Waals surface area contributed by atoms with Gasteiger partial charge in [-0.3, -0.25) is 9.59 Å². The van der Waals surface area contributed by atoms with Gasteiger partial charge in [-0.1, -0.05) is 48.9 Å². The van der Waals surface area contributed by atoms with Crippen LogP contribution in [0.5, 0.6) is 0 Å². The number of thiol groups is 1. The van der Waals surface area contributed by atoms with Crippen molar-refractivity contribution in [2.24, 2.45) is 0 Å². The molecule has 0 heterocycles. The van der Waals surface area contributed by atoms with Crippen LogP contribution in [0.25, 0.3) is 11.1 Å². The summed E-state index contributed by atoms with van der Waals surface area (Å²) in [4.78, 5) is 23.1. The molecule has 0 unspecified atom stereocenters. The van der Waals surface area contributed by atoms with E-state index in [4.69, 9.17) is 0 Å². The van der Waals surface area contributed by atoms with Gasteiger partial charge in [0, 0.05) is 18.7 Å². The third kappa shape index (κ3) is 7.01. The summed E-state index contributed by atoms with van der Waals surface area (Å²) in [5.74, 6) is 0.175. The second-order valence-corrected chi connectivity index (χ2v) is 6.13. The van der Waals surface area contributed by atoms with Crippen LogP contribution < -0.4 is 10.6 Å². The summed E-state index contributed by atoms with van der Waals surface area (Å²) in [5, 5.41) is 5.72. The number of nitrogens with one attached hydrogen (secondary N) is 2. The molecule has 25 heavy (non-hydrogen) atoms. The summed E-state index contributed by atoms with van der Waals surface area (Å²) >= 11 is 3.90. The van der Waals surface area contributed by atoms with E-state index in [1.807, 2.05) is 54.6 Å². The normalized spacial score (nSPS) is 10.3. The summed E-state index contributed by atoms with van der Waals surface area (Å²) in [6.07, 6.45) is 3.07. The zero-order valence-corrected chi connectivity index (χ0v) is 15.1. The second kappa shape index (κ2) is 10.6. The first-order valence-electron chi connectivity index (χ1n) is 8.52. The lowest BCUT2D eigenvalue weighted by atomic mass is 10.1. The van der Waals surface area contributed by atoms with E-state index in [-0.39, 0.29) is 17.6 Å². The largest absolute Gasteiger partial charge is 0.355 e. The van der Waals surface area contributed by atoms with Crippen LogP contribution in [0.2, 0.25) is 0 Å². The minimum absolute atomic E-state index is 0.0182. The zero-order valence-electron chi connectivity index (χ0n) is 14.2. The lowest BCUT2D eigenvalue weighted by Gasteiger charge is -2.08. The third-order valence-corrected chi connectivity index (χ3v) is 4.09. The van der Waals surface area contributed by atoms with E-state index >= 15 is 0 Å². The fraction of sp³-hybridized carbons (Fsp3) is 0.300. The molecule has 0 fully saturated rings. The molecule has 132 valence electrons. The van der Waals surface area contributed by atoms with E-state index in [0.29, 0.717) is 13.0 Å². The first kappa shape index (κ1) is 19.1. The Kier molecular flexibility index (Phi) is 8.05. The van der Waals surface area contributed by atoms with Crippen molar-refractivity contribution in [1.82, 2.24) is 5.32 Å². The van der Waals surface area contributed by atoms with Gasteiger partial charge in [-0.15, -0.1) is 0 Å². The SMILES string of the molecule is O=C(CS)NCCCCCC(=O)Nc1cccc(-c2ccccc2)c1. The van der Waals surface area contributed by atoms with Gasteiger partial charge in [0.15, 0.2) is 0 Å². The van der Waals surface area contributed by atoms with Crippen LogP contribution in [0.4, 0.5) is 5.69 Å². The van der Waals surface area contributed by atoms with Crippen molar-refractivity contribution >= 4 is 30.1 Å². The standard InChI is InChI=1S/C20H24N2O2S/c23-19(12-5-2-6-13-21-20(24)15-25)22-18-11-7-10-17(14-18)16-8-3-1-4-9-16/h1,3-4,7-11,14,25H,2,5-6,12-13,15H2,(H,21,24)(H,22,23). The predicted molar refractivity (Wildman–Crippen MR) is 106 cm³/mol. The Morgan fingerprint density at radius 2 is 1.60 bits per heavy atom. The Labute approximate surface area is 154 Å². The molecule has 5 heteroatoms. The van der Waals surface area contributed by atoms with Crippen molar-refractivity contribution in [3.05, 3.63) is 54.6 Å². The number of carbonyl (C=O) groups excluding carboxylic acids is 2. The van der Waals surface area contributed by atoms with Gasteiger partial charge in [-0.2, -0.15) is 12.6 Å². The van der Waals surface area contributed by atoms with Crippen LogP contribution in [-0.4, -0.2) is 24.1 Å². The average Bonchev–Trinajstić information content (AvgIpc) is 2.65. The van der Waals surface area contributed by atoms with Gasteiger partial charge >= 0.3 is 0 Å². The van der Waals surface area contributed by atoms with Crippen LogP contribution in [-0.2, 0) is 9.59 Å². The maximum absolute atomic E-state index is 12.1. The van der Waals surface area contributed by atoms with Gasteiger partial charge < -0.3 is 10.6 Å². The van der Waals surface area contributed by atoms with Crippen molar-refractivity contribution in [2.75, 3.05) is 17.6 Å². The summed E-state index contributed by atoms with van der Waals surface area (Å²) < 4.78 is 0. The first-order valence-corrected chi connectivity index (χ1v) is 9.15. The zero-order chi connectivity index (χ0) is 17.9. The lowest BCUT2D eigenvalue weighted by molar-refractivity contribution is -0.118. The molecule has 4 nitrogen and oxygen atoms in total. The average molecular weight is 356 g/mol. The van der Waals surface area contributed by atoms with Gasteiger partial charge in [-0.25, -0.2) is 0 Å². The van der Waals surface area contributed by atoms with Gasteiger partial charge in [0.1, 0.15) is 0 Å². The fourth-order valence-corrected chi connectivity index (χ4v) is 2.61. The highest BCUT2D eigenvalue weighted by Crippen LogP contribution is 2.22. The Morgan fingerprint density at radius 1 is 0.840 bits per heavy atom. The molecule has 0 aliphatic carbocycles. The van der Waals surface area contributed by atoms with Crippen molar-refractivity contribution < 1.29 is 9.59 Å². The number of benzene rings is 2. The van der Waals surface area contributed by atoms with E-state index in [1.165, 1.54) is 0 Å². The maximum Gasteiger partial charge on any atom is 0.229 e. The van der Waals surface area contributed by atoms with Crippen LogP contribution in [0, 0.1) is 0 Å². The molecule has 0 aliphatic rings. The second-order valence-electron chi connectivity index (χ2n) is 5.81. The summed E-state index contributed by atoms with van der Waals surface area (Å²) in [6.45, 7) is 0.639. The van der Waals surface area contributed by atoms with E-state index in [1.54, 1.807) is 0 Å². The maximum atomic E-state index is 12.1. The van der Waals surface area contributed by atoms with Crippen molar-refractivity contribution in [2.45, 2.75) is 25.7 Å². The van der Waals surface area contributed by atoms with Crippen molar-refractivity contribution in [1.29, 1.82) is 0 Å². The molecule has 0 saturated carbocycles. The summed E-state index contributed by atoms with van der Waals surface area (Å²) in [5.41, 5.74) is 3.02. The molecule has 2 N–H and O–H groups in total. The summed E-state index contributed by atoms with van der Waals surface area (Å²) in [7, 11) is 0. The monoisotopic (exact) mass is 356 g/mol. The number of hydrogen-bond acceptors (Lipinski definition) is 3. The topological polar surface area (TPSA) is 58.2 Å². The molecule has 0 bridgehead atoms. The number of unbranched alkanes of at least 4 members (excludes halogenated alkanes) is 2. The smallest absolute Gasteiger partial charge is 0.229 e. The van der Waals surface area contributed by atoms with E-state index in [2.05, 4.69) is 23.3 Å². The molecule has 2 aromatic carbocycles. The highest BCUT2D eigenvalue weighted by molar-refractivity contribution is 7.81. The predicted octanol–water partition coefficient (Wildman–Crippen LogP) is 3.90. The lowest BCUT2D eigenvalue weighted by Crippen LogP contribution is -2.25. The Morgan fingerprint density at radius 3 is 2.36 bits per heavy atom. The first-order chi connectivity index (χ1) is 12.2. The van der Waals surface area contributed by atoms with E-state index in [9.17, 15) is 9.59 Å². The fourth-order valence-electron chi connectivity index (χ4n) is 2.50. The molecule has 0 spiro atoms. The number of rotatable bonds is 9. The number of amides is 2. The molecular weight excluding hydrogens is 332 g/mol. The quantitative estimate of drug-likeness (QED) is 0.471. The molecule has 0 atom stereocenters. The van der Waals surface area contributed by atoms with E-state index in [0.717, 1.165) is 36.1 Å². The Bertz CT molecular complexity index is 689. The van der Waals surface area contributed by atoms with E-state index < -0.39 is 0 Å². The summed E-state index contributed by atoms with van der Waals surface area (Å²) in [6, 6.07) is 17.9. The Balaban J connectivity index is 1.73. The van der Waals surface area contributed by atoms with Gasteiger partial charge in [-0.05, 0) is 36.1 Å². The van der Waals surface area contributed by atoms with Crippen LogP contribution in [0.15, 0.2) is 54.6 Å². The van der Waals surface area contributed by atoms with Crippen LogP contribution >= 0.6 is 12.6 Å². The van der Waals surface area contributed by atoms with Crippen molar-refractivity contribution in [3.63, 3.8) is 0 Å². The Hall–Kier alpha value is -2.27. The molecule has 2 rings (SSSR count). The minimum atomic E-state index is -0.0561.